The molecule has 0 bridgehead atoms. The molecule has 0 fully saturated rings. The highest BCUT2D eigenvalue weighted by Crippen LogP contribution is 2.63. The Labute approximate surface area is 324 Å². The monoisotopic (exact) mass is 714 g/mol. The Balaban J connectivity index is 1.05. The Kier molecular flexibility index (Phi) is 7.20. The van der Waals surface area contributed by atoms with Gasteiger partial charge in [0.2, 0.25) is 5.62 Å². The van der Waals surface area contributed by atoms with Crippen LogP contribution in [0.5, 0.6) is 0 Å². The van der Waals surface area contributed by atoms with Gasteiger partial charge in [0.15, 0.2) is 5.84 Å². The summed E-state index contributed by atoms with van der Waals surface area (Å²) < 4.78 is 0. The predicted octanol–water partition coefficient (Wildman–Crippen LogP) is 11.8. The molecule has 0 saturated carbocycles. The van der Waals surface area contributed by atoms with E-state index in [1.54, 1.807) is 0 Å². The third-order valence-electron chi connectivity index (χ3n) is 11.6. The van der Waals surface area contributed by atoms with Crippen molar-refractivity contribution < 1.29 is 0 Å². The number of amidine groups is 1. The minimum absolute atomic E-state index is 0.138. The number of aromatic nitrogens is 2. The minimum Gasteiger partial charge on any atom is -0.323 e. The number of fused-ring (bicyclic) bond motifs is 11. The minimum atomic E-state index is -0.444. The maximum atomic E-state index is 9.47. The fraction of sp³-hybridized carbons (Fsp3) is 0.0192. The zero-order chi connectivity index (χ0) is 37.2. The van der Waals surface area contributed by atoms with E-state index in [4.69, 9.17) is 9.98 Å². The maximum absolute atomic E-state index is 9.47. The summed E-state index contributed by atoms with van der Waals surface area (Å²) in [5.41, 5.74) is 17.9. The Morgan fingerprint density at radius 2 is 1.00 bits per heavy atom. The quantitative estimate of drug-likeness (QED) is 0.138. The van der Waals surface area contributed by atoms with E-state index >= 15 is 0 Å². The highest BCUT2D eigenvalue weighted by atomic mass is 15.0. The van der Waals surface area contributed by atoms with Gasteiger partial charge in [-0.2, -0.15) is 4.99 Å². The fourth-order valence-corrected chi connectivity index (χ4v) is 9.23. The summed E-state index contributed by atoms with van der Waals surface area (Å²) in [6.45, 7) is 0. The van der Waals surface area contributed by atoms with Crippen molar-refractivity contribution >= 4 is 16.7 Å². The molecular formula is C52H34N4. The maximum Gasteiger partial charge on any atom is 0.229 e. The summed E-state index contributed by atoms with van der Waals surface area (Å²) in [5, 5.41) is 10.5. The molecule has 0 amide bonds. The number of H-pyrrole nitrogens is 1. The van der Waals surface area contributed by atoms with E-state index in [1.807, 2.05) is 42.5 Å². The standard InChI is InChI=1S/C52H34N4/c53-50(56-51-54-48-28-13-9-24-43(48)49(55-51)36-18-14-17-34(31-36)33-15-2-1-3-16-33)42-23-5-4-19-37(42)35-29-30-41-40-22-8-12-27-46(40)52(47(41)32-35)44-25-10-6-20-38(44)39-21-7-11-26-45(39)52/h1-32H,(H2,53,54,55,56). The second kappa shape index (κ2) is 12.6. The van der Waals surface area contributed by atoms with Gasteiger partial charge in [0.25, 0.3) is 0 Å². The van der Waals surface area contributed by atoms with Crippen LogP contribution in [0.15, 0.2) is 199 Å². The number of nitrogens with one attached hydrogen (secondary N) is 2. The first kappa shape index (κ1) is 32.0. The van der Waals surface area contributed by atoms with Crippen LogP contribution in [0.2, 0.25) is 0 Å². The Morgan fingerprint density at radius 1 is 0.446 bits per heavy atom. The van der Waals surface area contributed by atoms with Gasteiger partial charge in [0.1, 0.15) is 0 Å². The van der Waals surface area contributed by atoms with Crippen molar-refractivity contribution in [3.63, 3.8) is 0 Å². The van der Waals surface area contributed by atoms with Crippen LogP contribution >= 0.6 is 0 Å². The number of hydrogen-bond donors (Lipinski definition) is 2. The molecule has 0 unspecified atom stereocenters. The van der Waals surface area contributed by atoms with Crippen LogP contribution in [0.4, 0.5) is 0 Å². The van der Waals surface area contributed by atoms with E-state index < -0.39 is 5.41 Å². The van der Waals surface area contributed by atoms with Gasteiger partial charge in [-0.3, -0.25) is 5.41 Å². The van der Waals surface area contributed by atoms with Crippen LogP contribution in [0, 0.1) is 5.41 Å². The predicted molar refractivity (Wildman–Crippen MR) is 228 cm³/mol. The highest BCUT2D eigenvalue weighted by Gasteiger charge is 2.51. The molecule has 2 aliphatic carbocycles. The molecular weight excluding hydrogens is 681 g/mol. The van der Waals surface area contributed by atoms with E-state index in [9.17, 15) is 5.41 Å². The molecule has 56 heavy (non-hydrogen) atoms. The topological polar surface area (TPSA) is 64.9 Å². The van der Waals surface area contributed by atoms with Crippen LogP contribution in [0.3, 0.4) is 0 Å². The van der Waals surface area contributed by atoms with Gasteiger partial charge >= 0.3 is 0 Å². The lowest BCUT2D eigenvalue weighted by Gasteiger charge is -2.30. The SMILES string of the molecule is N=C(N=c1nc(-c2cccc(-c3ccccc3)c2)c2ccccc2[nH]1)c1ccccc1-c1ccc2c(c1)C1(c3ccccc3-c3ccccc31)c1ccccc1-2. The number of rotatable bonds is 4. The third kappa shape index (κ3) is 4.76. The molecule has 9 aromatic rings. The fourth-order valence-electron chi connectivity index (χ4n) is 9.23. The molecule has 1 heterocycles. The number of nitrogens with zero attached hydrogens (tertiary/aromatic N) is 2. The van der Waals surface area contributed by atoms with Crippen LogP contribution in [0.25, 0.3) is 66.7 Å². The molecule has 1 aromatic heterocycles. The van der Waals surface area contributed by atoms with Crippen molar-refractivity contribution in [3.05, 3.63) is 228 Å². The summed E-state index contributed by atoms with van der Waals surface area (Å²) in [5.74, 6) is 0.138. The zero-order valence-electron chi connectivity index (χ0n) is 30.4. The van der Waals surface area contributed by atoms with Crippen LogP contribution in [-0.2, 0) is 5.41 Å². The van der Waals surface area contributed by atoms with E-state index in [-0.39, 0.29) is 5.84 Å². The van der Waals surface area contributed by atoms with Gasteiger partial charge in [-0.05, 0) is 85.0 Å². The number of aromatic amines is 1. The van der Waals surface area contributed by atoms with Crippen LogP contribution in [0.1, 0.15) is 27.8 Å². The van der Waals surface area contributed by atoms with Gasteiger partial charge in [-0.15, -0.1) is 0 Å². The molecule has 0 radical (unpaired) electrons. The highest BCUT2D eigenvalue weighted by molar-refractivity contribution is 6.04. The first-order valence-electron chi connectivity index (χ1n) is 19.0. The molecule has 1 spiro atoms. The second-order valence-corrected chi connectivity index (χ2v) is 14.6. The summed E-state index contributed by atoms with van der Waals surface area (Å²) in [7, 11) is 0. The molecule has 0 aliphatic heterocycles. The van der Waals surface area contributed by atoms with E-state index in [1.165, 1.54) is 44.5 Å². The van der Waals surface area contributed by atoms with Crippen molar-refractivity contribution in [2.45, 2.75) is 5.41 Å². The molecule has 2 N–H and O–H groups in total. The van der Waals surface area contributed by atoms with E-state index in [2.05, 4.69) is 157 Å². The Hall–Kier alpha value is -7.43. The van der Waals surface area contributed by atoms with Crippen LogP contribution < -0.4 is 5.62 Å². The molecule has 0 saturated heterocycles. The van der Waals surface area contributed by atoms with Crippen molar-refractivity contribution in [3.8, 4) is 55.8 Å². The largest absolute Gasteiger partial charge is 0.323 e. The number of hydrogen-bond acceptors (Lipinski definition) is 2. The van der Waals surface area contributed by atoms with Crippen LogP contribution in [-0.4, -0.2) is 15.8 Å². The number of benzene rings is 8. The summed E-state index contributed by atoms with van der Waals surface area (Å²) >= 11 is 0. The van der Waals surface area contributed by atoms with Crippen molar-refractivity contribution in [2.75, 3.05) is 0 Å². The lowest BCUT2D eigenvalue weighted by Crippen LogP contribution is -2.25. The molecule has 4 nitrogen and oxygen atoms in total. The smallest absolute Gasteiger partial charge is 0.229 e. The summed E-state index contributed by atoms with van der Waals surface area (Å²) in [6, 6.07) is 68.5. The first-order chi connectivity index (χ1) is 27.7. The second-order valence-electron chi connectivity index (χ2n) is 14.6. The lowest BCUT2D eigenvalue weighted by atomic mass is 9.70. The summed E-state index contributed by atoms with van der Waals surface area (Å²) in [4.78, 5) is 13.4. The molecule has 0 atom stereocenters. The van der Waals surface area contributed by atoms with E-state index in [0.29, 0.717) is 5.62 Å². The third-order valence-corrected chi connectivity index (χ3v) is 11.6. The Morgan fingerprint density at radius 3 is 1.71 bits per heavy atom. The summed E-state index contributed by atoms with van der Waals surface area (Å²) in [6.07, 6.45) is 0. The molecule has 2 aliphatic rings. The van der Waals surface area contributed by atoms with Crippen molar-refractivity contribution in [1.29, 1.82) is 5.41 Å². The Bertz CT molecular complexity index is 3050. The van der Waals surface area contributed by atoms with Gasteiger partial charge in [-0.25, -0.2) is 4.98 Å². The first-order valence-corrected chi connectivity index (χ1v) is 19.0. The molecule has 8 aromatic carbocycles. The molecule has 262 valence electrons. The number of para-hydroxylation sites is 1. The molecule has 4 heteroatoms. The van der Waals surface area contributed by atoms with Gasteiger partial charge in [0.05, 0.1) is 16.6 Å². The normalized spacial score (nSPS) is 13.3. The average Bonchev–Trinajstić information content (AvgIpc) is 3.73. The van der Waals surface area contributed by atoms with Gasteiger partial charge < -0.3 is 4.98 Å². The zero-order valence-corrected chi connectivity index (χ0v) is 30.4. The van der Waals surface area contributed by atoms with Crippen molar-refractivity contribution in [1.82, 2.24) is 9.97 Å². The van der Waals surface area contributed by atoms with E-state index in [0.717, 1.165) is 50.0 Å². The average molecular weight is 715 g/mol. The van der Waals surface area contributed by atoms with Gasteiger partial charge in [-0.1, -0.05) is 176 Å². The van der Waals surface area contributed by atoms with Crippen molar-refractivity contribution in [2.24, 2.45) is 4.99 Å². The lowest BCUT2D eigenvalue weighted by molar-refractivity contribution is 0.794. The van der Waals surface area contributed by atoms with Gasteiger partial charge in [0, 0.05) is 16.5 Å². The molecule has 11 rings (SSSR count).